The first-order chi connectivity index (χ1) is 16.1. The summed E-state index contributed by atoms with van der Waals surface area (Å²) in [5.74, 6) is 0.676. The van der Waals surface area contributed by atoms with Crippen molar-refractivity contribution in [3.63, 3.8) is 0 Å². The van der Waals surface area contributed by atoms with E-state index in [4.69, 9.17) is 9.37 Å². The lowest BCUT2D eigenvalue weighted by molar-refractivity contribution is 0.103. The molecule has 0 aliphatic carbocycles. The van der Waals surface area contributed by atoms with Crippen LogP contribution >= 0.6 is 11.3 Å². The second kappa shape index (κ2) is 9.23. The van der Waals surface area contributed by atoms with Crippen molar-refractivity contribution in [2.24, 2.45) is 0 Å². The summed E-state index contributed by atoms with van der Waals surface area (Å²) in [5.41, 5.74) is 6.06. The molecule has 1 fully saturated rings. The lowest BCUT2D eigenvalue weighted by atomic mass is 10.1. The van der Waals surface area contributed by atoms with E-state index in [1.807, 2.05) is 49.6 Å². The van der Waals surface area contributed by atoms with E-state index in [0.29, 0.717) is 28.2 Å². The molecule has 5 rings (SSSR count). The minimum atomic E-state index is -0.187. The standard InChI is InChI=1S/C25H26N4O3S/c1-16-6-7-17(2)21(12-16)31-14-18-13-22(33-15-18)25(30)26-19-8-9-20(24-23(19)27-32-28-24)29-10-4-3-5-11-29/h6-9,12-13,15H,3-5,10-11,14H2,1-2H3,(H,26,30). The van der Waals surface area contributed by atoms with Gasteiger partial charge in [-0.3, -0.25) is 4.79 Å². The summed E-state index contributed by atoms with van der Waals surface area (Å²) in [6.07, 6.45) is 3.58. The molecule has 0 spiro atoms. The average molecular weight is 463 g/mol. The maximum absolute atomic E-state index is 12.9. The Kier molecular flexibility index (Phi) is 6.00. The van der Waals surface area contributed by atoms with Crippen LogP contribution < -0.4 is 15.0 Å². The maximum atomic E-state index is 12.9. The van der Waals surface area contributed by atoms with Crippen LogP contribution in [0, 0.1) is 13.8 Å². The van der Waals surface area contributed by atoms with Gasteiger partial charge in [0.2, 0.25) is 0 Å². The smallest absolute Gasteiger partial charge is 0.265 e. The molecule has 2 aromatic heterocycles. The first-order valence-electron chi connectivity index (χ1n) is 11.2. The molecule has 1 saturated heterocycles. The van der Waals surface area contributed by atoms with E-state index in [1.54, 1.807) is 0 Å². The maximum Gasteiger partial charge on any atom is 0.265 e. The number of benzene rings is 2. The predicted octanol–water partition coefficient (Wildman–Crippen LogP) is 5.72. The molecule has 1 amide bonds. The zero-order valence-electron chi connectivity index (χ0n) is 18.8. The summed E-state index contributed by atoms with van der Waals surface area (Å²) in [4.78, 5) is 15.8. The van der Waals surface area contributed by atoms with Crippen LogP contribution in [0.25, 0.3) is 11.0 Å². The fourth-order valence-electron chi connectivity index (χ4n) is 4.12. The Bertz CT molecular complexity index is 1290. The van der Waals surface area contributed by atoms with E-state index in [-0.39, 0.29) is 5.91 Å². The third kappa shape index (κ3) is 4.57. The van der Waals surface area contributed by atoms with Crippen LogP contribution in [0.3, 0.4) is 0 Å². The third-order valence-electron chi connectivity index (χ3n) is 5.95. The minimum absolute atomic E-state index is 0.187. The number of hydrogen-bond donors (Lipinski definition) is 1. The summed E-state index contributed by atoms with van der Waals surface area (Å²) in [5, 5.41) is 13.1. The van der Waals surface area contributed by atoms with Crippen LogP contribution in [0.4, 0.5) is 11.4 Å². The van der Waals surface area contributed by atoms with Gasteiger partial charge in [-0.15, -0.1) is 11.3 Å². The van der Waals surface area contributed by atoms with E-state index in [0.717, 1.165) is 41.2 Å². The number of ether oxygens (including phenoxy) is 1. The summed E-state index contributed by atoms with van der Waals surface area (Å²) in [6, 6.07) is 11.9. The SMILES string of the molecule is Cc1ccc(C)c(OCc2csc(C(=O)Nc3ccc(N4CCCCC4)c4nonc34)c2)c1. The molecule has 170 valence electrons. The van der Waals surface area contributed by atoms with Gasteiger partial charge in [-0.25, -0.2) is 4.63 Å². The van der Waals surface area contributed by atoms with Gasteiger partial charge in [-0.1, -0.05) is 12.1 Å². The van der Waals surface area contributed by atoms with Crippen LogP contribution in [0.2, 0.25) is 0 Å². The summed E-state index contributed by atoms with van der Waals surface area (Å²) < 4.78 is 11.0. The Morgan fingerprint density at radius 3 is 2.76 bits per heavy atom. The lowest BCUT2D eigenvalue weighted by Gasteiger charge is -2.28. The molecule has 0 saturated carbocycles. The molecule has 4 aromatic rings. The number of aromatic nitrogens is 2. The van der Waals surface area contributed by atoms with Crippen LogP contribution in [-0.2, 0) is 6.61 Å². The molecule has 3 heterocycles. The fraction of sp³-hybridized carbons (Fsp3) is 0.320. The molecular formula is C25H26N4O3S. The van der Waals surface area contributed by atoms with Crippen molar-refractivity contribution in [2.75, 3.05) is 23.3 Å². The first-order valence-corrected chi connectivity index (χ1v) is 12.1. The van der Waals surface area contributed by atoms with Gasteiger partial charge in [0.25, 0.3) is 5.91 Å². The Morgan fingerprint density at radius 2 is 1.91 bits per heavy atom. The number of amides is 1. The first kappa shape index (κ1) is 21.5. The number of piperidine rings is 1. The molecule has 2 aromatic carbocycles. The topological polar surface area (TPSA) is 80.5 Å². The number of thiophene rings is 1. The molecule has 0 radical (unpaired) electrons. The van der Waals surface area contributed by atoms with Crippen molar-refractivity contribution >= 4 is 39.7 Å². The molecule has 0 unspecified atom stereocenters. The van der Waals surface area contributed by atoms with E-state index in [9.17, 15) is 4.79 Å². The normalized spacial score (nSPS) is 13.9. The van der Waals surface area contributed by atoms with Crippen LogP contribution in [0.1, 0.15) is 45.6 Å². The van der Waals surface area contributed by atoms with Crippen LogP contribution in [0.5, 0.6) is 5.75 Å². The molecule has 0 atom stereocenters. The van der Waals surface area contributed by atoms with Gasteiger partial charge < -0.3 is 15.0 Å². The van der Waals surface area contributed by atoms with Gasteiger partial charge in [0.1, 0.15) is 12.4 Å². The summed E-state index contributed by atoms with van der Waals surface area (Å²) in [6.45, 7) is 6.47. The summed E-state index contributed by atoms with van der Waals surface area (Å²) in [7, 11) is 0. The number of fused-ring (bicyclic) bond motifs is 1. The Hall–Kier alpha value is -3.39. The molecule has 8 heteroatoms. The predicted molar refractivity (Wildman–Crippen MR) is 130 cm³/mol. The van der Waals surface area contributed by atoms with Gasteiger partial charge in [0.05, 0.1) is 16.3 Å². The van der Waals surface area contributed by atoms with Crippen LogP contribution in [-0.4, -0.2) is 29.3 Å². The number of carbonyl (C=O) groups excluding carboxylic acids is 1. The van der Waals surface area contributed by atoms with Gasteiger partial charge in [-0.2, -0.15) is 0 Å². The molecule has 1 N–H and O–H groups in total. The highest BCUT2D eigenvalue weighted by atomic mass is 32.1. The summed E-state index contributed by atoms with van der Waals surface area (Å²) >= 11 is 1.39. The quantitative estimate of drug-likeness (QED) is 0.395. The number of nitrogens with one attached hydrogen (secondary N) is 1. The van der Waals surface area contributed by atoms with E-state index in [1.165, 1.54) is 30.6 Å². The molecular weight excluding hydrogens is 436 g/mol. The van der Waals surface area contributed by atoms with Gasteiger partial charge in [0.15, 0.2) is 11.0 Å². The van der Waals surface area contributed by atoms with Crippen molar-refractivity contribution in [2.45, 2.75) is 39.7 Å². The minimum Gasteiger partial charge on any atom is -0.489 e. The Balaban J connectivity index is 1.29. The Labute approximate surface area is 196 Å². The highest BCUT2D eigenvalue weighted by Crippen LogP contribution is 2.32. The average Bonchev–Trinajstić information content (AvgIpc) is 3.51. The Morgan fingerprint density at radius 1 is 1.09 bits per heavy atom. The number of rotatable bonds is 6. The number of carbonyl (C=O) groups is 1. The van der Waals surface area contributed by atoms with Crippen molar-refractivity contribution in [3.8, 4) is 5.75 Å². The van der Waals surface area contributed by atoms with Crippen molar-refractivity contribution in [3.05, 3.63) is 63.3 Å². The number of aryl methyl sites for hydroxylation is 2. The highest BCUT2D eigenvalue weighted by Gasteiger charge is 2.20. The highest BCUT2D eigenvalue weighted by molar-refractivity contribution is 7.12. The number of hydrogen-bond acceptors (Lipinski definition) is 7. The molecule has 1 aliphatic rings. The third-order valence-corrected chi connectivity index (χ3v) is 6.93. The second-order valence-electron chi connectivity index (χ2n) is 8.47. The zero-order valence-corrected chi connectivity index (χ0v) is 19.6. The monoisotopic (exact) mass is 462 g/mol. The van der Waals surface area contributed by atoms with Crippen molar-refractivity contribution in [1.29, 1.82) is 0 Å². The second-order valence-corrected chi connectivity index (χ2v) is 9.38. The number of nitrogens with zero attached hydrogens (tertiary/aromatic N) is 3. The van der Waals surface area contributed by atoms with Crippen molar-refractivity contribution in [1.82, 2.24) is 10.3 Å². The fourth-order valence-corrected chi connectivity index (χ4v) is 4.91. The molecule has 1 aliphatic heterocycles. The van der Waals surface area contributed by atoms with Gasteiger partial charge in [0, 0.05) is 18.7 Å². The van der Waals surface area contributed by atoms with Crippen molar-refractivity contribution < 1.29 is 14.2 Å². The van der Waals surface area contributed by atoms with E-state index in [2.05, 4.69) is 26.6 Å². The van der Waals surface area contributed by atoms with Gasteiger partial charge in [-0.05, 0) is 84.2 Å². The van der Waals surface area contributed by atoms with Crippen LogP contribution in [0.15, 0.2) is 46.4 Å². The van der Waals surface area contributed by atoms with E-state index >= 15 is 0 Å². The van der Waals surface area contributed by atoms with Gasteiger partial charge >= 0.3 is 0 Å². The van der Waals surface area contributed by atoms with E-state index < -0.39 is 0 Å². The number of anilines is 2. The zero-order chi connectivity index (χ0) is 22.8. The molecule has 33 heavy (non-hydrogen) atoms. The molecule has 0 bridgehead atoms. The largest absolute Gasteiger partial charge is 0.489 e. The molecule has 7 nitrogen and oxygen atoms in total. The lowest BCUT2D eigenvalue weighted by Crippen LogP contribution is -2.29.